The number of pyridine rings is 1. The largest absolute Gasteiger partial charge is 0.357 e. The molecule has 2 atom stereocenters. The Labute approximate surface area is 239 Å². The number of aromatic nitrogens is 4. The summed E-state index contributed by atoms with van der Waals surface area (Å²) in [7, 11) is 1.65. The van der Waals surface area contributed by atoms with Crippen LogP contribution < -0.4 is 10.2 Å². The minimum absolute atomic E-state index is 0.0472. The minimum atomic E-state index is -0.296. The van der Waals surface area contributed by atoms with Crippen LogP contribution in [0.4, 0.5) is 5.82 Å². The number of rotatable bonds is 12. The zero-order valence-electron chi connectivity index (χ0n) is 23.6. The summed E-state index contributed by atoms with van der Waals surface area (Å²) < 4.78 is 1.73. The van der Waals surface area contributed by atoms with Crippen LogP contribution in [0.3, 0.4) is 0 Å². The maximum Gasteiger partial charge on any atom is 0.242 e. The number of fused-ring (bicyclic) bond motifs is 1. The summed E-state index contributed by atoms with van der Waals surface area (Å²) in [6.45, 7) is 9.25. The molecular formula is C30H37N7O2S. The van der Waals surface area contributed by atoms with Crippen LogP contribution in [0.1, 0.15) is 56.8 Å². The van der Waals surface area contributed by atoms with E-state index >= 15 is 0 Å². The molecule has 10 heteroatoms. The van der Waals surface area contributed by atoms with Crippen LogP contribution in [-0.4, -0.2) is 74.9 Å². The van der Waals surface area contributed by atoms with Gasteiger partial charge in [0.05, 0.1) is 28.0 Å². The van der Waals surface area contributed by atoms with Crippen LogP contribution in [0.15, 0.2) is 48.1 Å². The highest BCUT2D eigenvalue weighted by Gasteiger charge is 2.35. The van der Waals surface area contributed by atoms with Gasteiger partial charge in [-0.05, 0) is 68.9 Å². The van der Waals surface area contributed by atoms with Crippen LogP contribution in [0, 0.1) is 0 Å². The second-order valence-electron chi connectivity index (χ2n) is 10.3. The smallest absolute Gasteiger partial charge is 0.242 e. The zero-order valence-corrected chi connectivity index (χ0v) is 24.4. The molecule has 1 amide bonds. The first-order chi connectivity index (χ1) is 19.4. The average Bonchev–Trinajstić information content (AvgIpc) is 3.64. The molecule has 1 fully saturated rings. The maximum absolute atomic E-state index is 13.6. The van der Waals surface area contributed by atoms with Crippen molar-refractivity contribution < 1.29 is 9.59 Å². The van der Waals surface area contributed by atoms with E-state index in [2.05, 4.69) is 36.1 Å². The van der Waals surface area contributed by atoms with Gasteiger partial charge in [0, 0.05) is 37.8 Å². The van der Waals surface area contributed by atoms with E-state index < -0.39 is 0 Å². The molecule has 1 aliphatic heterocycles. The van der Waals surface area contributed by atoms with Gasteiger partial charge >= 0.3 is 0 Å². The van der Waals surface area contributed by atoms with E-state index in [1.807, 2.05) is 46.8 Å². The molecule has 0 saturated carbocycles. The normalized spacial score (nSPS) is 15.8. The first-order valence-electron chi connectivity index (χ1n) is 14.1. The number of amides is 1. The highest BCUT2D eigenvalue weighted by atomic mass is 32.1. The second kappa shape index (κ2) is 12.3. The summed E-state index contributed by atoms with van der Waals surface area (Å²) in [6.07, 6.45) is 6.71. The van der Waals surface area contributed by atoms with Crippen molar-refractivity contribution in [3.63, 3.8) is 0 Å². The molecule has 5 rings (SSSR count). The molecule has 1 N–H and O–H groups in total. The lowest BCUT2D eigenvalue weighted by atomic mass is 9.99. The van der Waals surface area contributed by atoms with Gasteiger partial charge in [-0.2, -0.15) is 5.10 Å². The molecule has 0 spiro atoms. The first kappa shape index (κ1) is 27.9. The van der Waals surface area contributed by atoms with E-state index in [4.69, 9.17) is 9.97 Å². The van der Waals surface area contributed by atoms with Crippen LogP contribution in [-0.2, 0) is 4.79 Å². The average molecular weight is 560 g/mol. The van der Waals surface area contributed by atoms with E-state index in [0.717, 1.165) is 48.5 Å². The lowest BCUT2D eigenvalue weighted by Crippen LogP contribution is -2.56. The summed E-state index contributed by atoms with van der Waals surface area (Å²) >= 11 is 1.63. The van der Waals surface area contributed by atoms with Crippen LogP contribution in [0.2, 0.25) is 0 Å². The van der Waals surface area contributed by atoms with Gasteiger partial charge in [-0.25, -0.2) is 14.5 Å². The summed E-state index contributed by atoms with van der Waals surface area (Å²) in [5.74, 6) is 0.655. The highest BCUT2D eigenvalue weighted by Crippen LogP contribution is 2.32. The zero-order chi connectivity index (χ0) is 28.2. The van der Waals surface area contributed by atoms with E-state index in [1.165, 1.54) is 0 Å². The summed E-state index contributed by atoms with van der Waals surface area (Å²) in [6, 6.07) is 9.71. The summed E-state index contributed by atoms with van der Waals surface area (Å²) in [4.78, 5) is 41.4. The van der Waals surface area contributed by atoms with E-state index in [9.17, 15) is 9.59 Å². The molecular weight excluding hydrogens is 522 g/mol. The Bertz CT molecular complexity index is 1480. The van der Waals surface area contributed by atoms with Crippen LogP contribution in [0.5, 0.6) is 0 Å². The number of anilines is 1. The number of hydrogen-bond donors (Lipinski definition) is 1. The van der Waals surface area contributed by atoms with Gasteiger partial charge in [0.15, 0.2) is 11.4 Å². The Kier molecular flexibility index (Phi) is 8.56. The summed E-state index contributed by atoms with van der Waals surface area (Å²) in [5, 5.41) is 9.29. The van der Waals surface area contributed by atoms with Gasteiger partial charge in [0.2, 0.25) is 5.91 Å². The number of hydrogen-bond acceptors (Lipinski definition) is 8. The van der Waals surface area contributed by atoms with Gasteiger partial charge in [-0.3, -0.25) is 9.59 Å². The number of carbonyl (C=O) groups is 2. The molecule has 4 aromatic rings. The number of likely N-dealkylation sites (N-methyl/N-ethyl adjacent to an activating group) is 1. The molecule has 0 radical (unpaired) electrons. The lowest BCUT2D eigenvalue weighted by Gasteiger charge is -2.40. The number of Topliss-reactive ketones (excluding diaryl/α,β-unsaturated/α-hetero) is 1. The highest BCUT2D eigenvalue weighted by molar-refractivity contribution is 7.13. The van der Waals surface area contributed by atoms with E-state index in [0.29, 0.717) is 41.7 Å². The molecule has 0 unspecified atom stereocenters. The van der Waals surface area contributed by atoms with Crippen molar-refractivity contribution in [1.82, 2.24) is 29.8 Å². The molecule has 1 saturated heterocycles. The molecule has 210 valence electrons. The molecule has 1 aliphatic rings. The minimum Gasteiger partial charge on any atom is -0.357 e. The first-order valence-corrected chi connectivity index (χ1v) is 15.0. The topological polar surface area (TPSA) is 95.7 Å². The van der Waals surface area contributed by atoms with Crippen molar-refractivity contribution in [3.05, 3.63) is 53.7 Å². The van der Waals surface area contributed by atoms with Crippen LogP contribution >= 0.6 is 11.3 Å². The Balaban J connectivity index is 1.51. The quantitative estimate of drug-likeness (QED) is 0.246. The van der Waals surface area contributed by atoms with Gasteiger partial charge in [-0.1, -0.05) is 19.9 Å². The van der Waals surface area contributed by atoms with Gasteiger partial charge in [-0.15, -0.1) is 11.3 Å². The Morgan fingerprint density at radius 3 is 2.73 bits per heavy atom. The molecule has 0 bridgehead atoms. The van der Waals surface area contributed by atoms with E-state index in [1.54, 1.807) is 29.1 Å². The number of nitrogens with zero attached hydrogens (tertiary/aromatic N) is 6. The predicted molar refractivity (Wildman–Crippen MR) is 160 cm³/mol. The Morgan fingerprint density at radius 2 is 2.05 bits per heavy atom. The lowest BCUT2D eigenvalue weighted by molar-refractivity contribution is -0.123. The monoisotopic (exact) mass is 559 g/mol. The SMILES string of the molecule is CCCN(CC)[C@@H](C)CCC(=O)c1cc(-c2cnn3ccc(-c4cccs4)nc23)nc(N2CC[C@H]2C(=O)NC)c1. The Hall–Kier alpha value is -3.63. The van der Waals surface area contributed by atoms with Gasteiger partial charge < -0.3 is 15.1 Å². The van der Waals surface area contributed by atoms with Crippen LogP contribution in [0.25, 0.3) is 27.5 Å². The second-order valence-corrected chi connectivity index (χ2v) is 11.2. The number of nitrogens with one attached hydrogen (secondary N) is 1. The standard InChI is InChI=1S/C30H37N7O2S/c1-5-13-35(6-2)20(3)9-10-26(38)21-17-24(33-28(18-21)36-14-12-25(36)30(39)31-4)22-19-32-37-15-11-23(34-29(22)37)27-8-7-16-40-27/h7-8,11,15-20,25H,5-6,9-10,12-14H2,1-4H3,(H,31,39)/t20-,25-/m0/s1. The van der Waals surface area contributed by atoms with Gasteiger partial charge in [0.1, 0.15) is 11.9 Å². The fourth-order valence-electron chi connectivity index (χ4n) is 5.32. The predicted octanol–water partition coefficient (Wildman–Crippen LogP) is 4.93. The van der Waals surface area contributed by atoms with E-state index in [-0.39, 0.29) is 17.7 Å². The van der Waals surface area contributed by atoms with Crippen molar-refractivity contribution in [1.29, 1.82) is 0 Å². The number of carbonyl (C=O) groups excluding carboxylic acids is 2. The summed E-state index contributed by atoms with van der Waals surface area (Å²) in [5.41, 5.74) is 3.51. The number of ketones is 1. The molecule has 9 nitrogen and oxygen atoms in total. The third kappa shape index (κ3) is 5.64. The molecule has 5 heterocycles. The Morgan fingerprint density at radius 1 is 1.20 bits per heavy atom. The maximum atomic E-state index is 13.6. The van der Waals surface area contributed by atoms with Crippen molar-refractivity contribution >= 4 is 34.5 Å². The molecule has 4 aromatic heterocycles. The van der Waals surface area contributed by atoms with Crippen molar-refractivity contribution in [3.8, 4) is 21.8 Å². The third-order valence-electron chi connectivity index (χ3n) is 7.74. The fraction of sp³-hybridized carbons (Fsp3) is 0.433. The third-order valence-corrected chi connectivity index (χ3v) is 8.64. The van der Waals surface area contributed by atoms with Crippen molar-refractivity contribution in [2.24, 2.45) is 0 Å². The molecule has 40 heavy (non-hydrogen) atoms. The fourth-order valence-corrected chi connectivity index (χ4v) is 6.01. The molecule has 0 aromatic carbocycles. The number of thiophene rings is 1. The van der Waals surface area contributed by atoms with Crippen molar-refractivity contribution in [2.45, 2.75) is 58.5 Å². The van der Waals surface area contributed by atoms with Crippen molar-refractivity contribution in [2.75, 3.05) is 31.6 Å². The van der Waals surface area contributed by atoms with Gasteiger partial charge in [0.25, 0.3) is 0 Å². The molecule has 0 aliphatic carbocycles.